The first-order valence-corrected chi connectivity index (χ1v) is 8.06. The average Bonchev–Trinajstić information content (AvgIpc) is 3.08. The van der Waals surface area contributed by atoms with Gasteiger partial charge in [0.15, 0.2) is 0 Å². The van der Waals surface area contributed by atoms with Crippen LogP contribution in [0.4, 0.5) is 0 Å². The number of fused-ring (bicyclic) bond motifs is 3. The summed E-state index contributed by atoms with van der Waals surface area (Å²) in [5.74, 6) is -0.122. The fourth-order valence-corrected chi connectivity index (χ4v) is 3.40. The quantitative estimate of drug-likeness (QED) is 0.739. The zero-order chi connectivity index (χ0) is 16.0. The van der Waals surface area contributed by atoms with Gasteiger partial charge in [-0.1, -0.05) is 17.7 Å². The van der Waals surface area contributed by atoms with Gasteiger partial charge in [0.1, 0.15) is 12.3 Å². The molecule has 2 heterocycles. The molecular weight excluding hydrogens is 314 g/mol. The van der Waals surface area contributed by atoms with E-state index in [1.807, 2.05) is 6.07 Å². The fraction of sp³-hybridized carbons (Fsp3) is 0.353. The van der Waals surface area contributed by atoms with Crippen LogP contribution in [0.5, 0.6) is 6.01 Å². The fourth-order valence-electron chi connectivity index (χ4n) is 3.23. The molecule has 2 aromatic rings. The first kappa shape index (κ1) is 14.6. The van der Waals surface area contributed by atoms with E-state index >= 15 is 0 Å². The Bertz CT molecular complexity index is 793. The Kier molecular flexibility index (Phi) is 3.54. The second-order valence-electron chi connectivity index (χ2n) is 6.02. The Hall–Kier alpha value is -1.98. The van der Waals surface area contributed by atoms with Crippen LogP contribution in [0.15, 0.2) is 24.4 Å². The largest absolute Gasteiger partial charge is 0.462 e. The maximum Gasteiger partial charge on any atom is 0.317 e. The van der Waals surface area contributed by atoms with Crippen LogP contribution in [0.25, 0.3) is 11.1 Å². The molecule has 0 amide bonds. The molecule has 118 valence electrons. The number of ether oxygens (including phenoxy) is 1. The summed E-state index contributed by atoms with van der Waals surface area (Å²) < 4.78 is 5.71. The highest BCUT2D eigenvalue weighted by atomic mass is 35.5. The molecule has 0 spiro atoms. The molecule has 0 N–H and O–H groups in total. The summed E-state index contributed by atoms with van der Waals surface area (Å²) in [7, 11) is 2.09. The molecule has 4 rings (SSSR count). The maximum absolute atomic E-state index is 12.5. The van der Waals surface area contributed by atoms with E-state index in [2.05, 4.69) is 21.9 Å². The lowest BCUT2D eigenvalue weighted by Gasteiger charge is -2.18. The second kappa shape index (κ2) is 5.58. The van der Waals surface area contributed by atoms with E-state index < -0.39 is 0 Å². The van der Waals surface area contributed by atoms with Crippen molar-refractivity contribution in [2.75, 3.05) is 20.2 Å². The molecule has 1 unspecified atom stereocenters. The molecular formula is C17H16ClN3O2. The van der Waals surface area contributed by atoms with Crippen molar-refractivity contribution in [1.82, 2.24) is 14.9 Å². The van der Waals surface area contributed by atoms with E-state index in [0.717, 1.165) is 24.1 Å². The van der Waals surface area contributed by atoms with Gasteiger partial charge in [-0.05, 0) is 44.1 Å². The molecule has 1 aliphatic heterocycles. The molecule has 23 heavy (non-hydrogen) atoms. The summed E-state index contributed by atoms with van der Waals surface area (Å²) in [6, 6.07) is 5.92. The van der Waals surface area contributed by atoms with Gasteiger partial charge in [-0.25, -0.2) is 4.98 Å². The number of likely N-dealkylation sites (N-methyl/N-ethyl adjacent to an activating group) is 1. The standard InChI is InChI=1S/C17H16ClN3O2/c1-21-6-2-3-11(21)9-23-17-19-8-14-12-5-4-10(18)7-13(12)16(22)15(14)20-17/h4-5,7-8,11H,2-3,6,9H2,1H3. The zero-order valence-corrected chi connectivity index (χ0v) is 13.5. The van der Waals surface area contributed by atoms with Crippen molar-refractivity contribution in [2.24, 2.45) is 0 Å². The first-order valence-electron chi connectivity index (χ1n) is 7.68. The third kappa shape index (κ3) is 2.50. The molecule has 1 aromatic heterocycles. The van der Waals surface area contributed by atoms with Crippen LogP contribution in [0, 0.1) is 0 Å². The van der Waals surface area contributed by atoms with Gasteiger partial charge in [-0.2, -0.15) is 4.98 Å². The lowest BCUT2D eigenvalue weighted by atomic mass is 10.1. The molecule has 1 aliphatic carbocycles. The van der Waals surface area contributed by atoms with Crippen molar-refractivity contribution in [2.45, 2.75) is 18.9 Å². The van der Waals surface area contributed by atoms with Crippen LogP contribution in [-0.4, -0.2) is 46.9 Å². The highest BCUT2D eigenvalue weighted by Crippen LogP contribution is 2.36. The minimum Gasteiger partial charge on any atom is -0.462 e. The van der Waals surface area contributed by atoms with E-state index in [1.165, 1.54) is 6.42 Å². The summed E-state index contributed by atoms with van der Waals surface area (Å²) in [4.78, 5) is 23.3. The number of aromatic nitrogens is 2. The normalized spacial score (nSPS) is 19.7. The lowest BCUT2D eigenvalue weighted by Crippen LogP contribution is -2.30. The number of ketones is 1. The predicted octanol–water partition coefficient (Wildman–Crippen LogP) is 2.81. The number of benzene rings is 1. The Morgan fingerprint density at radius 3 is 3.00 bits per heavy atom. The van der Waals surface area contributed by atoms with Gasteiger partial charge >= 0.3 is 6.01 Å². The topological polar surface area (TPSA) is 55.3 Å². The van der Waals surface area contributed by atoms with Crippen molar-refractivity contribution in [3.8, 4) is 17.1 Å². The van der Waals surface area contributed by atoms with Crippen LogP contribution < -0.4 is 4.74 Å². The highest BCUT2D eigenvalue weighted by molar-refractivity contribution is 6.32. The monoisotopic (exact) mass is 329 g/mol. The molecule has 1 fully saturated rings. The van der Waals surface area contributed by atoms with Crippen LogP contribution in [0.2, 0.25) is 5.02 Å². The molecule has 2 aliphatic rings. The van der Waals surface area contributed by atoms with Gasteiger partial charge in [0.25, 0.3) is 0 Å². The number of rotatable bonds is 3. The van der Waals surface area contributed by atoms with Gasteiger partial charge in [0.05, 0.1) is 0 Å². The third-order valence-electron chi connectivity index (χ3n) is 4.57. The number of carbonyl (C=O) groups excluding carboxylic acids is 1. The van der Waals surface area contributed by atoms with Crippen LogP contribution in [-0.2, 0) is 0 Å². The van der Waals surface area contributed by atoms with Gasteiger partial charge in [0, 0.05) is 28.4 Å². The number of halogens is 1. The summed E-state index contributed by atoms with van der Waals surface area (Å²) in [6.45, 7) is 1.63. The molecule has 5 nitrogen and oxygen atoms in total. The van der Waals surface area contributed by atoms with Gasteiger partial charge in [-0.15, -0.1) is 0 Å². The Morgan fingerprint density at radius 2 is 2.22 bits per heavy atom. The van der Waals surface area contributed by atoms with Crippen LogP contribution in [0.3, 0.4) is 0 Å². The Labute approximate surface area is 139 Å². The van der Waals surface area contributed by atoms with Crippen molar-refractivity contribution >= 4 is 17.4 Å². The van der Waals surface area contributed by atoms with Crippen molar-refractivity contribution < 1.29 is 9.53 Å². The molecule has 0 bridgehead atoms. The van der Waals surface area contributed by atoms with E-state index in [0.29, 0.717) is 28.9 Å². The second-order valence-corrected chi connectivity index (χ2v) is 6.46. The number of nitrogens with zero attached hydrogens (tertiary/aromatic N) is 3. The molecule has 6 heteroatoms. The van der Waals surface area contributed by atoms with Crippen molar-refractivity contribution in [1.29, 1.82) is 0 Å². The van der Waals surface area contributed by atoms with Crippen molar-refractivity contribution in [3.63, 3.8) is 0 Å². The van der Waals surface area contributed by atoms with Gasteiger partial charge in [0.2, 0.25) is 5.78 Å². The van der Waals surface area contributed by atoms with Gasteiger partial charge < -0.3 is 9.64 Å². The van der Waals surface area contributed by atoms with E-state index in [-0.39, 0.29) is 11.8 Å². The summed E-state index contributed by atoms with van der Waals surface area (Å²) in [6.07, 6.45) is 3.96. The number of hydrogen-bond acceptors (Lipinski definition) is 5. The first-order chi connectivity index (χ1) is 11.1. The summed E-state index contributed by atoms with van der Waals surface area (Å²) in [5, 5.41) is 0.540. The van der Waals surface area contributed by atoms with Crippen LogP contribution >= 0.6 is 11.6 Å². The number of hydrogen-bond donors (Lipinski definition) is 0. The SMILES string of the molecule is CN1CCCC1COc1ncc2c(n1)C(=O)c1cc(Cl)ccc1-2. The minimum atomic E-state index is -0.122. The third-order valence-corrected chi connectivity index (χ3v) is 4.81. The molecule has 0 saturated carbocycles. The summed E-state index contributed by atoms with van der Waals surface area (Å²) >= 11 is 5.98. The van der Waals surface area contributed by atoms with Gasteiger partial charge in [-0.3, -0.25) is 4.79 Å². The van der Waals surface area contributed by atoms with E-state index in [9.17, 15) is 4.79 Å². The average molecular weight is 330 g/mol. The molecule has 1 atom stereocenters. The number of carbonyl (C=O) groups is 1. The molecule has 1 saturated heterocycles. The van der Waals surface area contributed by atoms with E-state index in [4.69, 9.17) is 16.3 Å². The number of likely N-dealkylation sites (tertiary alicyclic amines) is 1. The van der Waals surface area contributed by atoms with Crippen molar-refractivity contribution in [3.05, 3.63) is 40.7 Å². The Balaban J connectivity index is 1.58. The Morgan fingerprint density at radius 1 is 1.35 bits per heavy atom. The molecule has 1 aromatic carbocycles. The highest BCUT2D eigenvalue weighted by Gasteiger charge is 2.30. The smallest absolute Gasteiger partial charge is 0.317 e. The van der Waals surface area contributed by atoms with E-state index in [1.54, 1.807) is 18.3 Å². The van der Waals surface area contributed by atoms with Crippen LogP contribution in [0.1, 0.15) is 28.9 Å². The maximum atomic E-state index is 12.5. The zero-order valence-electron chi connectivity index (χ0n) is 12.8. The summed E-state index contributed by atoms with van der Waals surface area (Å²) in [5.41, 5.74) is 2.55. The minimum absolute atomic E-state index is 0.122. The predicted molar refractivity (Wildman–Crippen MR) is 87.1 cm³/mol. The molecule has 0 radical (unpaired) electrons. The lowest BCUT2D eigenvalue weighted by molar-refractivity contribution is 0.103.